The summed E-state index contributed by atoms with van der Waals surface area (Å²) in [5, 5.41) is 2.31. The van der Waals surface area contributed by atoms with E-state index in [0.29, 0.717) is 22.9 Å². The number of nitrogens with zero attached hydrogens (tertiary/aromatic N) is 4. The number of halogens is 2. The van der Waals surface area contributed by atoms with Gasteiger partial charge in [0.15, 0.2) is 11.7 Å². The SMILES string of the molecule is CCOC(=O)C1=C2CC(NC(=O)C(F)F)CN2C(c2nccn2C)=NC1. The first-order valence-corrected chi connectivity index (χ1v) is 8.19. The van der Waals surface area contributed by atoms with E-state index in [1.807, 2.05) is 0 Å². The highest BCUT2D eigenvalue weighted by molar-refractivity contribution is 6.01. The van der Waals surface area contributed by atoms with E-state index in [4.69, 9.17) is 4.74 Å². The second-order valence-electron chi connectivity index (χ2n) is 5.97. The maximum absolute atomic E-state index is 12.6. The zero-order valence-corrected chi connectivity index (χ0v) is 14.4. The van der Waals surface area contributed by atoms with Gasteiger partial charge in [0.25, 0.3) is 5.91 Å². The van der Waals surface area contributed by atoms with E-state index in [1.165, 1.54) is 0 Å². The van der Waals surface area contributed by atoms with Gasteiger partial charge in [0.1, 0.15) is 0 Å². The number of carbonyl (C=O) groups excluding carboxylic acids is 2. The highest BCUT2D eigenvalue weighted by Gasteiger charge is 2.39. The Morgan fingerprint density at radius 1 is 1.46 bits per heavy atom. The number of carbonyl (C=O) groups is 2. The van der Waals surface area contributed by atoms with Crippen molar-refractivity contribution in [1.82, 2.24) is 19.8 Å². The lowest BCUT2D eigenvalue weighted by molar-refractivity contribution is -0.138. The minimum Gasteiger partial charge on any atom is -0.463 e. The molecule has 0 spiro atoms. The molecule has 1 unspecified atom stereocenters. The van der Waals surface area contributed by atoms with Gasteiger partial charge in [0.05, 0.1) is 24.8 Å². The van der Waals surface area contributed by atoms with Crippen LogP contribution >= 0.6 is 0 Å². The smallest absolute Gasteiger partial charge is 0.337 e. The molecule has 1 amide bonds. The average Bonchev–Trinajstić information content (AvgIpc) is 3.20. The third kappa shape index (κ3) is 3.31. The summed E-state index contributed by atoms with van der Waals surface area (Å²) in [5.74, 6) is -0.694. The summed E-state index contributed by atoms with van der Waals surface area (Å²) in [6.07, 6.45) is 0.534. The first-order valence-electron chi connectivity index (χ1n) is 8.19. The first-order chi connectivity index (χ1) is 12.4. The fourth-order valence-corrected chi connectivity index (χ4v) is 3.10. The van der Waals surface area contributed by atoms with Crippen LogP contribution in [0.4, 0.5) is 8.78 Å². The molecule has 1 fully saturated rings. The molecular formula is C16H19F2N5O3. The van der Waals surface area contributed by atoms with Gasteiger partial charge < -0.3 is 19.5 Å². The molecule has 1 aromatic rings. The summed E-state index contributed by atoms with van der Waals surface area (Å²) < 4.78 is 32.0. The quantitative estimate of drug-likeness (QED) is 0.764. The molecule has 0 bridgehead atoms. The number of aromatic nitrogens is 2. The van der Waals surface area contributed by atoms with E-state index in [9.17, 15) is 18.4 Å². The van der Waals surface area contributed by atoms with Crippen LogP contribution in [0.1, 0.15) is 19.2 Å². The van der Waals surface area contributed by atoms with Crippen LogP contribution in [0.2, 0.25) is 0 Å². The topological polar surface area (TPSA) is 88.8 Å². The van der Waals surface area contributed by atoms with Crippen molar-refractivity contribution in [2.75, 3.05) is 19.7 Å². The Morgan fingerprint density at radius 2 is 2.23 bits per heavy atom. The van der Waals surface area contributed by atoms with Crippen molar-refractivity contribution in [3.8, 4) is 0 Å². The predicted molar refractivity (Wildman–Crippen MR) is 87.5 cm³/mol. The van der Waals surface area contributed by atoms with Crippen molar-refractivity contribution in [1.29, 1.82) is 0 Å². The number of ether oxygens (including phenoxy) is 1. The maximum atomic E-state index is 12.6. The van der Waals surface area contributed by atoms with Crippen molar-refractivity contribution in [2.24, 2.45) is 12.0 Å². The van der Waals surface area contributed by atoms with Crippen LogP contribution in [0.25, 0.3) is 0 Å². The number of rotatable bonds is 5. The van der Waals surface area contributed by atoms with Crippen molar-refractivity contribution < 1.29 is 23.1 Å². The number of esters is 1. The Kier molecular flexibility index (Phi) is 5.01. The van der Waals surface area contributed by atoms with E-state index < -0.39 is 24.3 Å². The summed E-state index contributed by atoms with van der Waals surface area (Å²) in [6, 6.07) is -0.556. The Morgan fingerprint density at radius 3 is 2.85 bits per heavy atom. The standard InChI is InChI=1S/C16H19F2N5O3/c1-3-26-16(25)10-7-20-14(13-19-4-5-22(13)2)23-8-9(6-11(10)23)21-15(24)12(17)18/h4-5,9,12H,3,6-8H2,1-2H3,(H,21,24). The van der Waals surface area contributed by atoms with Crippen LogP contribution in [-0.4, -0.2) is 64.3 Å². The molecule has 1 atom stereocenters. The molecule has 2 aliphatic heterocycles. The van der Waals surface area contributed by atoms with Gasteiger partial charge >= 0.3 is 12.4 Å². The zero-order chi connectivity index (χ0) is 18.8. The van der Waals surface area contributed by atoms with Gasteiger partial charge in [-0.1, -0.05) is 0 Å². The molecule has 8 nitrogen and oxygen atoms in total. The first kappa shape index (κ1) is 18.0. The fraction of sp³-hybridized carbons (Fsp3) is 0.500. The minimum atomic E-state index is -3.09. The molecule has 0 radical (unpaired) electrons. The van der Waals surface area contributed by atoms with Gasteiger partial charge in [-0.2, -0.15) is 8.78 Å². The van der Waals surface area contributed by atoms with Gasteiger partial charge in [-0.15, -0.1) is 0 Å². The largest absolute Gasteiger partial charge is 0.463 e. The normalized spacial score (nSPS) is 19.5. The number of amides is 1. The van der Waals surface area contributed by atoms with E-state index in [1.54, 1.807) is 35.8 Å². The van der Waals surface area contributed by atoms with Crippen LogP contribution in [0, 0.1) is 0 Å². The number of aliphatic imine (C=N–C) groups is 1. The Bertz CT molecular complexity index is 787. The van der Waals surface area contributed by atoms with E-state index in [2.05, 4.69) is 15.3 Å². The summed E-state index contributed by atoms with van der Waals surface area (Å²) in [4.78, 5) is 34.0. The molecule has 3 rings (SSSR count). The summed E-state index contributed by atoms with van der Waals surface area (Å²) in [7, 11) is 1.81. The van der Waals surface area contributed by atoms with Crippen LogP contribution in [0.3, 0.4) is 0 Å². The van der Waals surface area contributed by atoms with E-state index >= 15 is 0 Å². The predicted octanol–water partition coefficient (Wildman–Crippen LogP) is 0.453. The number of imidazole rings is 1. The van der Waals surface area contributed by atoms with Gasteiger partial charge in [-0.25, -0.2) is 9.78 Å². The number of alkyl halides is 2. The second-order valence-corrected chi connectivity index (χ2v) is 5.97. The molecule has 0 aliphatic carbocycles. The molecule has 1 saturated heterocycles. The lowest BCUT2D eigenvalue weighted by atomic mass is 10.1. The van der Waals surface area contributed by atoms with Gasteiger partial charge in [0.2, 0.25) is 0 Å². The lowest BCUT2D eigenvalue weighted by Gasteiger charge is -2.27. The van der Waals surface area contributed by atoms with Crippen LogP contribution < -0.4 is 5.32 Å². The van der Waals surface area contributed by atoms with Crippen molar-refractivity contribution in [2.45, 2.75) is 25.8 Å². The molecule has 0 aromatic carbocycles. The summed E-state index contributed by atoms with van der Waals surface area (Å²) in [6.45, 7) is 2.26. The maximum Gasteiger partial charge on any atom is 0.337 e. The Labute approximate surface area is 148 Å². The molecule has 1 aromatic heterocycles. The third-order valence-electron chi connectivity index (χ3n) is 4.25. The van der Waals surface area contributed by atoms with Crippen LogP contribution in [0.5, 0.6) is 0 Å². The minimum absolute atomic E-state index is 0.113. The summed E-state index contributed by atoms with van der Waals surface area (Å²) in [5.41, 5.74) is 0.995. The van der Waals surface area contributed by atoms with Gasteiger partial charge in [0, 0.05) is 38.1 Å². The molecule has 10 heteroatoms. The Hall–Kier alpha value is -2.78. The molecular weight excluding hydrogens is 348 g/mol. The van der Waals surface area contributed by atoms with Crippen molar-refractivity contribution in [3.05, 3.63) is 29.5 Å². The molecule has 2 aliphatic rings. The van der Waals surface area contributed by atoms with Gasteiger partial charge in [-0.3, -0.25) is 9.79 Å². The lowest BCUT2D eigenvalue weighted by Crippen LogP contribution is -2.42. The van der Waals surface area contributed by atoms with E-state index in [0.717, 1.165) is 0 Å². The second kappa shape index (κ2) is 7.22. The number of hydrogen-bond acceptors (Lipinski definition) is 6. The van der Waals surface area contributed by atoms with E-state index in [-0.39, 0.29) is 26.1 Å². The van der Waals surface area contributed by atoms with Gasteiger partial charge in [-0.05, 0) is 6.92 Å². The molecule has 1 N–H and O–H groups in total. The monoisotopic (exact) mass is 367 g/mol. The third-order valence-corrected chi connectivity index (χ3v) is 4.25. The molecule has 140 valence electrons. The highest BCUT2D eigenvalue weighted by atomic mass is 19.3. The molecule has 26 heavy (non-hydrogen) atoms. The van der Waals surface area contributed by atoms with Crippen molar-refractivity contribution in [3.63, 3.8) is 0 Å². The molecule has 0 saturated carbocycles. The number of hydrogen-bond donors (Lipinski definition) is 1. The molecule has 3 heterocycles. The zero-order valence-electron chi connectivity index (χ0n) is 14.4. The summed E-state index contributed by atoms with van der Waals surface area (Å²) >= 11 is 0. The highest BCUT2D eigenvalue weighted by Crippen LogP contribution is 2.31. The van der Waals surface area contributed by atoms with Crippen LogP contribution in [-0.2, 0) is 21.4 Å². The van der Waals surface area contributed by atoms with Crippen molar-refractivity contribution >= 4 is 17.7 Å². The Balaban J connectivity index is 1.91. The number of amidine groups is 1. The van der Waals surface area contributed by atoms with Crippen LogP contribution in [0.15, 0.2) is 28.7 Å². The number of fused-ring (bicyclic) bond motifs is 1. The number of nitrogens with one attached hydrogen (secondary N) is 1. The fourth-order valence-electron chi connectivity index (χ4n) is 3.10. The number of aryl methyl sites for hydroxylation is 1. The average molecular weight is 367 g/mol.